The Morgan fingerprint density at radius 3 is 2.84 bits per heavy atom. The van der Waals surface area contributed by atoms with Crippen molar-refractivity contribution >= 4 is 58.1 Å². The molecule has 1 atom stereocenters. The Kier molecular flexibility index (Phi) is 7.61. The summed E-state index contributed by atoms with van der Waals surface area (Å²) in [7, 11) is 1.54. The number of rotatable bonds is 8. The number of halogens is 1. The average molecular weight is 416 g/mol. The van der Waals surface area contributed by atoms with Crippen LogP contribution in [0.5, 0.6) is 5.75 Å². The minimum atomic E-state index is -0.337. The number of methoxy groups -OCH3 is 1. The van der Waals surface area contributed by atoms with Gasteiger partial charge in [-0.3, -0.25) is 4.79 Å². The van der Waals surface area contributed by atoms with E-state index in [4.69, 9.17) is 16.3 Å². The molecular weight excluding hydrogens is 398 g/mol. The van der Waals surface area contributed by atoms with E-state index >= 15 is 0 Å². The molecule has 9 heteroatoms. The quantitative estimate of drug-likeness (QED) is 0.484. The van der Waals surface area contributed by atoms with Crippen molar-refractivity contribution in [1.29, 1.82) is 0 Å². The summed E-state index contributed by atoms with van der Waals surface area (Å²) in [6.07, 6.45) is 0. The van der Waals surface area contributed by atoms with Crippen LogP contribution in [0, 0.1) is 0 Å². The molecule has 1 aromatic carbocycles. The molecule has 1 N–H and O–H groups in total. The lowest BCUT2D eigenvalue weighted by atomic mass is 10.3. The number of nitrogens with one attached hydrogen (secondary N) is 1. The fourth-order valence-electron chi connectivity index (χ4n) is 1.71. The van der Waals surface area contributed by atoms with Crippen LogP contribution in [0.3, 0.4) is 0 Å². The van der Waals surface area contributed by atoms with Crippen LogP contribution in [0.25, 0.3) is 0 Å². The number of nitrogens with zero attached hydrogens (tertiary/aromatic N) is 2. The Balaban J connectivity index is 1.96. The summed E-state index contributed by atoms with van der Waals surface area (Å²) in [4.78, 5) is 12.4. The molecule has 0 aliphatic heterocycles. The van der Waals surface area contributed by atoms with E-state index in [2.05, 4.69) is 22.1 Å². The molecule has 0 spiro atoms. The van der Waals surface area contributed by atoms with Gasteiger partial charge in [0.05, 0.1) is 18.0 Å². The molecule has 0 saturated heterocycles. The zero-order valence-corrected chi connectivity index (χ0v) is 17.2. The van der Waals surface area contributed by atoms with E-state index in [1.165, 1.54) is 23.1 Å². The predicted molar refractivity (Wildman–Crippen MR) is 107 cm³/mol. The van der Waals surface area contributed by atoms with Gasteiger partial charge < -0.3 is 10.1 Å². The summed E-state index contributed by atoms with van der Waals surface area (Å²) in [5.74, 6) is 1.21. The first-order valence-corrected chi connectivity index (χ1v) is 10.4. The van der Waals surface area contributed by atoms with E-state index in [1.54, 1.807) is 37.1 Å². The number of aromatic nitrogens is 2. The highest BCUT2D eigenvalue weighted by molar-refractivity contribution is 8.04. The maximum absolute atomic E-state index is 12.4. The van der Waals surface area contributed by atoms with Gasteiger partial charge in [0.1, 0.15) is 5.75 Å². The Morgan fingerprint density at radius 2 is 2.16 bits per heavy atom. The van der Waals surface area contributed by atoms with Crippen LogP contribution in [0.4, 0.5) is 5.69 Å². The average Bonchev–Trinajstić information content (AvgIpc) is 3.00. The van der Waals surface area contributed by atoms with E-state index in [1.807, 2.05) is 13.8 Å². The maximum Gasteiger partial charge on any atom is 0.237 e. The number of hydrogen-bond acceptors (Lipinski definition) is 7. The maximum atomic E-state index is 12.4. The number of ether oxygens (including phenoxy) is 1. The molecule has 25 heavy (non-hydrogen) atoms. The van der Waals surface area contributed by atoms with E-state index in [0.717, 1.165) is 20.0 Å². The molecule has 0 fully saturated rings. The second kappa shape index (κ2) is 9.47. The predicted octanol–water partition coefficient (Wildman–Crippen LogP) is 4.99. The molecular formula is C16H18ClN3O2S3. The van der Waals surface area contributed by atoms with Crippen molar-refractivity contribution in [2.75, 3.05) is 18.2 Å². The standard InChI is InChI=1S/C16H18ClN3O2S3/c1-9(2)8-23-15-19-20-16(25-15)24-10(3)14(21)18-12-7-11(17)5-6-13(12)22-4/h5-7,10H,1,8H2,2-4H3,(H,18,21)/t10-/m0/s1. The molecule has 0 bridgehead atoms. The van der Waals surface area contributed by atoms with E-state index in [-0.39, 0.29) is 11.2 Å². The van der Waals surface area contributed by atoms with Gasteiger partial charge in [0, 0.05) is 10.8 Å². The zero-order chi connectivity index (χ0) is 18.4. The molecule has 0 aliphatic carbocycles. The molecule has 0 radical (unpaired) electrons. The topological polar surface area (TPSA) is 64.1 Å². The van der Waals surface area contributed by atoms with Gasteiger partial charge in [0.2, 0.25) is 5.91 Å². The van der Waals surface area contributed by atoms with Crippen molar-refractivity contribution in [3.05, 3.63) is 35.4 Å². The number of carbonyl (C=O) groups excluding carboxylic acids is 1. The highest BCUT2D eigenvalue weighted by Crippen LogP contribution is 2.33. The van der Waals surface area contributed by atoms with Gasteiger partial charge in [-0.05, 0) is 32.0 Å². The first-order valence-electron chi connectivity index (χ1n) is 7.30. The SMILES string of the molecule is C=C(C)CSc1nnc(S[C@@H](C)C(=O)Nc2cc(Cl)ccc2OC)s1. The molecule has 2 aromatic rings. The third kappa shape index (κ3) is 6.22. The number of benzene rings is 1. The highest BCUT2D eigenvalue weighted by atomic mass is 35.5. The van der Waals surface area contributed by atoms with Gasteiger partial charge in [-0.15, -0.1) is 10.2 Å². The van der Waals surface area contributed by atoms with Gasteiger partial charge >= 0.3 is 0 Å². The molecule has 0 saturated carbocycles. The molecule has 1 aromatic heterocycles. The first kappa shape index (κ1) is 20.1. The van der Waals surface area contributed by atoms with Crippen molar-refractivity contribution in [3.8, 4) is 5.75 Å². The Hall–Kier alpha value is -1.22. The monoisotopic (exact) mass is 415 g/mol. The Labute approximate surface area is 164 Å². The minimum Gasteiger partial charge on any atom is -0.495 e. The minimum absolute atomic E-state index is 0.156. The Morgan fingerprint density at radius 1 is 1.44 bits per heavy atom. The molecule has 1 amide bonds. The van der Waals surface area contributed by atoms with Gasteiger partial charge in [-0.2, -0.15) is 0 Å². The fraction of sp³-hybridized carbons (Fsp3) is 0.312. The van der Waals surface area contributed by atoms with Crippen molar-refractivity contribution in [2.45, 2.75) is 27.8 Å². The van der Waals surface area contributed by atoms with Gasteiger partial charge in [-0.25, -0.2) is 0 Å². The summed E-state index contributed by atoms with van der Waals surface area (Å²) in [6.45, 7) is 7.66. The summed E-state index contributed by atoms with van der Waals surface area (Å²) < 4.78 is 6.86. The zero-order valence-electron chi connectivity index (χ0n) is 14.0. The van der Waals surface area contributed by atoms with Crippen molar-refractivity contribution in [2.24, 2.45) is 0 Å². The van der Waals surface area contributed by atoms with E-state index < -0.39 is 0 Å². The highest BCUT2D eigenvalue weighted by Gasteiger charge is 2.19. The summed E-state index contributed by atoms with van der Waals surface area (Å²) in [6, 6.07) is 5.08. The van der Waals surface area contributed by atoms with Crippen LogP contribution in [0.1, 0.15) is 13.8 Å². The summed E-state index contributed by atoms with van der Waals surface area (Å²) in [5.41, 5.74) is 1.63. The lowest BCUT2D eigenvalue weighted by Crippen LogP contribution is -2.22. The van der Waals surface area contributed by atoms with E-state index in [9.17, 15) is 4.79 Å². The lowest BCUT2D eigenvalue weighted by Gasteiger charge is -2.13. The van der Waals surface area contributed by atoms with Gasteiger partial charge in [0.15, 0.2) is 8.68 Å². The van der Waals surface area contributed by atoms with E-state index in [0.29, 0.717) is 16.5 Å². The summed E-state index contributed by atoms with van der Waals surface area (Å²) in [5, 5.41) is 11.3. The second-order valence-electron chi connectivity index (χ2n) is 5.17. The third-order valence-corrected chi connectivity index (χ3v) is 6.60. The fourth-order valence-corrected chi connectivity index (χ4v) is 4.88. The van der Waals surface area contributed by atoms with Crippen molar-refractivity contribution in [3.63, 3.8) is 0 Å². The van der Waals surface area contributed by atoms with Gasteiger partial charge in [-0.1, -0.05) is 58.6 Å². The number of hydrogen-bond donors (Lipinski definition) is 1. The van der Waals surface area contributed by atoms with Crippen LogP contribution < -0.4 is 10.1 Å². The van der Waals surface area contributed by atoms with Crippen LogP contribution >= 0.6 is 46.5 Å². The first-order chi connectivity index (χ1) is 11.9. The number of amides is 1. The number of carbonyl (C=O) groups is 1. The normalized spacial score (nSPS) is 11.8. The smallest absolute Gasteiger partial charge is 0.237 e. The molecule has 5 nitrogen and oxygen atoms in total. The molecule has 0 aliphatic rings. The van der Waals surface area contributed by atoms with Crippen molar-refractivity contribution < 1.29 is 9.53 Å². The molecule has 2 rings (SSSR count). The second-order valence-corrected chi connectivity index (χ2v) is 9.40. The lowest BCUT2D eigenvalue weighted by molar-refractivity contribution is -0.115. The van der Waals surface area contributed by atoms with Gasteiger partial charge in [0.25, 0.3) is 0 Å². The van der Waals surface area contributed by atoms with Crippen LogP contribution in [-0.4, -0.2) is 34.2 Å². The van der Waals surface area contributed by atoms with Crippen LogP contribution in [0.15, 0.2) is 39.0 Å². The van der Waals surface area contributed by atoms with Crippen LogP contribution in [0.2, 0.25) is 5.02 Å². The largest absolute Gasteiger partial charge is 0.495 e. The van der Waals surface area contributed by atoms with Crippen molar-refractivity contribution in [1.82, 2.24) is 10.2 Å². The molecule has 134 valence electrons. The number of thioether (sulfide) groups is 2. The Bertz CT molecular complexity index is 767. The summed E-state index contributed by atoms with van der Waals surface area (Å²) >= 11 is 10.4. The third-order valence-electron chi connectivity index (χ3n) is 2.90. The van der Waals surface area contributed by atoms with Crippen LogP contribution in [-0.2, 0) is 4.79 Å². The molecule has 1 heterocycles. The number of anilines is 1. The molecule has 0 unspecified atom stereocenters.